The molecule has 2 heterocycles. The van der Waals surface area contributed by atoms with E-state index in [1.165, 1.54) is 0 Å². The minimum atomic E-state index is -0.228. The Bertz CT molecular complexity index is 658. The molecule has 118 valence electrons. The molecule has 0 radical (unpaired) electrons. The number of amides is 1. The number of rotatable bonds is 6. The Labute approximate surface area is 138 Å². The fraction of sp³-hybridized carbons (Fsp3) is 0.333. The molecule has 0 fully saturated rings. The zero-order valence-electron chi connectivity index (χ0n) is 12.1. The fourth-order valence-corrected chi connectivity index (χ4v) is 2.61. The van der Waals surface area contributed by atoms with Crippen molar-refractivity contribution in [1.29, 1.82) is 0 Å². The molecule has 2 aromatic rings. The smallest absolute Gasteiger partial charge is 0.267 e. The molecular weight excluding hydrogens is 325 g/mol. The van der Waals surface area contributed by atoms with Gasteiger partial charge in [0.15, 0.2) is 0 Å². The van der Waals surface area contributed by atoms with Crippen molar-refractivity contribution in [3.63, 3.8) is 0 Å². The van der Waals surface area contributed by atoms with E-state index >= 15 is 0 Å². The lowest BCUT2D eigenvalue weighted by molar-refractivity contribution is 0.0932. The van der Waals surface area contributed by atoms with E-state index in [1.54, 1.807) is 36.3 Å². The maximum atomic E-state index is 12.1. The Balaban J connectivity index is 1.95. The van der Waals surface area contributed by atoms with Crippen molar-refractivity contribution in [3.05, 3.63) is 52.0 Å². The topological polar surface area (TPSA) is 67.2 Å². The summed E-state index contributed by atoms with van der Waals surface area (Å²) in [5, 5.41) is 13.4. The standard InChI is InChI=1S/C15H17Cl2N3O2/c1-20-8-12(16)5-14(20)15(22)19-6-10(9-21)4-11-2-3-18-7-13(11)17/h2-3,5,7-8,10,21H,4,6,9H2,1H3,(H,19,22)/t10-/m1/s1. The first-order chi connectivity index (χ1) is 10.5. The first-order valence-corrected chi connectivity index (χ1v) is 7.56. The van der Waals surface area contributed by atoms with Gasteiger partial charge in [-0.25, -0.2) is 0 Å². The van der Waals surface area contributed by atoms with Crippen LogP contribution in [-0.4, -0.2) is 33.7 Å². The normalized spacial score (nSPS) is 12.2. The number of aliphatic hydroxyl groups is 1. The van der Waals surface area contributed by atoms with Crippen LogP contribution in [0.3, 0.4) is 0 Å². The maximum Gasteiger partial charge on any atom is 0.267 e. The molecule has 0 aliphatic heterocycles. The molecule has 2 N–H and O–H groups in total. The van der Waals surface area contributed by atoms with Crippen LogP contribution in [0, 0.1) is 5.92 Å². The number of halogens is 2. The number of aromatic nitrogens is 2. The Morgan fingerprint density at radius 3 is 2.86 bits per heavy atom. The van der Waals surface area contributed by atoms with E-state index in [9.17, 15) is 9.90 Å². The van der Waals surface area contributed by atoms with Crippen LogP contribution in [0.1, 0.15) is 16.1 Å². The van der Waals surface area contributed by atoms with Crippen molar-refractivity contribution in [3.8, 4) is 0 Å². The van der Waals surface area contributed by atoms with Crippen molar-refractivity contribution < 1.29 is 9.90 Å². The summed E-state index contributed by atoms with van der Waals surface area (Å²) in [6.07, 6.45) is 5.44. The van der Waals surface area contributed by atoms with E-state index < -0.39 is 0 Å². The van der Waals surface area contributed by atoms with Crippen molar-refractivity contribution in [2.24, 2.45) is 13.0 Å². The molecule has 0 saturated carbocycles. The largest absolute Gasteiger partial charge is 0.396 e. The van der Waals surface area contributed by atoms with Crippen LogP contribution in [0.4, 0.5) is 0 Å². The number of pyridine rings is 1. The molecule has 0 aliphatic carbocycles. The summed E-state index contributed by atoms with van der Waals surface area (Å²) in [4.78, 5) is 16.0. The quantitative estimate of drug-likeness (QED) is 0.847. The summed E-state index contributed by atoms with van der Waals surface area (Å²) >= 11 is 11.9. The zero-order chi connectivity index (χ0) is 16.1. The van der Waals surface area contributed by atoms with Crippen LogP contribution in [-0.2, 0) is 13.5 Å². The number of carbonyl (C=O) groups excluding carboxylic acids is 1. The number of hydrogen-bond donors (Lipinski definition) is 2. The summed E-state index contributed by atoms with van der Waals surface area (Å²) in [7, 11) is 1.75. The van der Waals surface area contributed by atoms with Gasteiger partial charge in [-0.3, -0.25) is 9.78 Å². The Morgan fingerprint density at radius 1 is 1.50 bits per heavy atom. The number of aryl methyl sites for hydroxylation is 1. The predicted octanol–water partition coefficient (Wildman–Crippen LogP) is 2.31. The van der Waals surface area contributed by atoms with Gasteiger partial charge in [-0.15, -0.1) is 0 Å². The lowest BCUT2D eigenvalue weighted by Gasteiger charge is -2.16. The average Bonchev–Trinajstić information content (AvgIpc) is 2.83. The highest BCUT2D eigenvalue weighted by molar-refractivity contribution is 6.31. The van der Waals surface area contributed by atoms with Crippen LogP contribution in [0.5, 0.6) is 0 Å². The molecule has 0 aliphatic rings. The molecule has 0 bridgehead atoms. The highest BCUT2D eigenvalue weighted by Gasteiger charge is 2.15. The van der Waals surface area contributed by atoms with Gasteiger partial charge in [0.1, 0.15) is 5.69 Å². The van der Waals surface area contributed by atoms with Crippen molar-refractivity contribution in [2.45, 2.75) is 6.42 Å². The Hall–Kier alpha value is -1.56. The summed E-state index contributed by atoms with van der Waals surface area (Å²) in [6, 6.07) is 3.41. The molecule has 0 saturated heterocycles. The summed E-state index contributed by atoms with van der Waals surface area (Å²) in [5.41, 5.74) is 1.37. The van der Waals surface area contributed by atoms with E-state index in [2.05, 4.69) is 10.3 Å². The third-order valence-electron chi connectivity index (χ3n) is 3.38. The highest BCUT2D eigenvalue weighted by atomic mass is 35.5. The van der Waals surface area contributed by atoms with E-state index in [0.29, 0.717) is 28.7 Å². The molecule has 22 heavy (non-hydrogen) atoms. The third-order valence-corrected chi connectivity index (χ3v) is 3.93. The molecule has 0 unspecified atom stereocenters. The second-order valence-electron chi connectivity index (χ2n) is 5.08. The van der Waals surface area contributed by atoms with Crippen molar-refractivity contribution in [2.75, 3.05) is 13.2 Å². The SMILES string of the molecule is Cn1cc(Cl)cc1C(=O)NC[C@H](CO)Cc1ccncc1Cl. The first-order valence-electron chi connectivity index (χ1n) is 6.80. The zero-order valence-corrected chi connectivity index (χ0v) is 13.6. The summed E-state index contributed by atoms with van der Waals surface area (Å²) in [6.45, 7) is 0.295. The molecule has 7 heteroatoms. The van der Waals surface area contributed by atoms with Crippen LogP contribution in [0.2, 0.25) is 10.0 Å². The van der Waals surface area contributed by atoms with Crippen LogP contribution in [0.25, 0.3) is 0 Å². The number of nitrogens with zero attached hydrogens (tertiary/aromatic N) is 2. The van der Waals surface area contributed by atoms with E-state index in [-0.39, 0.29) is 18.4 Å². The lowest BCUT2D eigenvalue weighted by Crippen LogP contribution is -2.32. The highest BCUT2D eigenvalue weighted by Crippen LogP contribution is 2.18. The van der Waals surface area contributed by atoms with Gasteiger partial charge in [0.25, 0.3) is 5.91 Å². The minimum Gasteiger partial charge on any atom is -0.396 e. The number of nitrogens with one attached hydrogen (secondary N) is 1. The molecule has 1 atom stereocenters. The molecular formula is C15H17Cl2N3O2. The predicted molar refractivity (Wildman–Crippen MR) is 86.3 cm³/mol. The van der Waals surface area contributed by atoms with Crippen LogP contribution >= 0.6 is 23.2 Å². The molecule has 5 nitrogen and oxygen atoms in total. The Morgan fingerprint density at radius 2 is 2.27 bits per heavy atom. The third kappa shape index (κ3) is 4.22. The number of aliphatic hydroxyl groups excluding tert-OH is 1. The van der Waals surface area contributed by atoms with Gasteiger partial charge in [0.2, 0.25) is 0 Å². The second kappa shape index (κ2) is 7.63. The van der Waals surface area contributed by atoms with Crippen LogP contribution in [0.15, 0.2) is 30.7 Å². The van der Waals surface area contributed by atoms with E-state index in [4.69, 9.17) is 23.2 Å². The van der Waals surface area contributed by atoms with Gasteiger partial charge < -0.3 is 15.0 Å². The van der Waals surface area contributed by atoms with Crippen LogP contribution < -0.4 is 5.32 Å². The summed E-state index contributed by atoms with van der Waals surface area (Å²) in [5.74, 6) is -0.353. The van der Waals surface area contributed by atoms with Gasteiger partial charge >= 0.3 is 0 Å². The average molecular weight is 342 g/mol. The number of hydrogen-bond acceptors (Lipinski definition) is 3. The molecule has 2 aromatic heterocycles. The molecule has 0 aromatic carbocycles. The monoisotopic (exact) mass is 341 g/mol. The van der Waals surface area contributed by atoms with Gasteiger partial charge in [-0.2, -0.15) is 0 Å². The minimum absolute atomic E-state index is 0.0488. The maximum absolute atomic E-state index is 12.1. The fourth-order valence-electron chi connectivity index (χ4n) is 2.16. The lowest BCUT2D eigenvalue weighted by atomic mass is 10.0. The molecule has 1 amide bonds. The molecule has 0 spiro atoms. The van der Waals surface area contributed by atoms with Crippen molar-refractivity contribution in [1.82, 2.24) is 14.9 Å². The molecule has 2 rings (SSSR count). The second-order valence-corrected chi connectivity index (χ2v) is 5.93. The van der Waals surface area contributed by atoms with Gasteiger partial charge in [-0.1, -0.05) is 23.2 Å². The van der Waals surface area contributed by atoms with E-state index in [1.807, 2.05) is 6.07 Å². The van der Waals surface area contributed by atoms with Crippen molar-refractivity contribution >= 4 is 29.1 Å². The number of carbonyl (C=O) groups is 1. The summed E-state index contributed by atoms with van der Waals surface area (Å²) < 4.78 is 1.66. The van der Waals surface area contributed by atoms with Gasteiger partial charge in [-0.05, 0) is 24.1 Å². The Kier molecular flexibility index (Phi) is 5.83. The van der Waals surface area contributed by atoms with Gasteiger partial charge in [0.05, 0.1) is 10.0 Å². The van der Waals surface area contributed by atoms with E-state index in [0.717, 1.165) is 5.56 Å². The van der Waals surface area contributed by atoms with Gasteiger partial charge in [0, 0.05) is 44.7 Å². The first kappa shape index (κ1) is 16.8.